The van der Waals surface area contributed by atoms with Gasteiger partial charge in [-0.05, 0) is 50.0 Å². The lowest BCUT2D eigenvalue weighted by Gasteiger charge is -2.37. The molecule has 16 heavy (non-hydrogen) atoms. The van der Waals surface area contributed by atoms with Gasteiger partial charge in [0.05, 0.1) is 0 Å². The summed E-state index contributed by atoms with van der Waals surface area (Å²) in [7, 11) is 0. The first kappa shape index (κ1) is 10.8. The molecule has 0 spiro atoms. The van der Waals surface area contributed by atoms with E-state index in [9.17, 15) is 0 Å². The molecule has 90 valence electrons. The lowest BCUT2D eigenvalue weighted by molar-refractivity contribution is 0.155. The molecule has 1 aliphatic carbocycles. The maximum atomic E-state index is 2.77. The van der Waals surface area contributed by atoms with Crippen molar-refractivity contribution in [2.75, 3.05) is 13.1 Å². The molecule has 0 N–H and O–H groups in total. The van der Waals surface area contributed by atoms with E-state index >= 15 is 0 Å². The van der Waals surface area contributed by atoms with Crippen LogP contribution in [0.25, 0.3) is 0 Å². The molecule has 0 aromatic carbocycles. The van der Waals surface area contributed by atoms with Crippen LogP contribution in [0.4, 0.5) is 0 Å². The Morgan fingerprint density at radius 2 is 2.12 bits per heavy atom. The highest BCUT2D eigenvalue weighted by Gasteiger charge is 2.47. The summed E-state index contributed by atoms with van der Waals surface area (Å²) in [6.45, 7) is 9.80. The highest BCUT2D eigenvalue weighted by molar-refractivity contribution is 5.30. The van der Waals surface area contributed by atoms with Gasteiger partial charge in [0.2, 0.25) is 0 Å². The molecule has 0 radical (unpaired) electrons. The van der Waals surface area contributed by atoms with E-state index in [2.05, 4.69) is 31.7 Å². The molecule has 1 nitrogen and oxygen atoms in total. The van der Waals surface area contributed by atoms with Gasteiger partial charge >= 0.3 is 0 Å². The average Bonchev–Trinajstić information content (AvgIpc) is 2.81. The van der Waals surface area contributed by atoms with Crippen LogP contribution in [0.2, 0.25) is 0 Å². The summed E-state index contributed by atoms with van der Waals surface area (Å²) in [5.74, 6) is 0.974. The number of rotatable bonds is 2. The quantitative estimate of drug-likeness (QED) is 0.641. The first-order valence-corrected chi connectivity index (χ1v) is 6.95. The molecule has 0 amide bonds. The lowest BCUT2D eigenvalue weighted by Crippen LogP contribution is -2.41. The third-order valence-corrected chi connectivity index (χ3v) is 4.43. The van der Waals surface area contributed by atoms with Gasteiger partial charge in [-0.1, -0.05) is 32.4 Å². The van der Waals surface area contributed by atoms with Crippen LogP contribution in [-0.4, -0.2) is 23.5 Å². The molecule has 1 unspecified atom stereocenters. The van der Waals surface area contributed by atoms with Crippen molar-refractivity contribution in [1.29, 1.82) is 0 Å². The monoisotopic (exact) mass is 219 g/mol. The van der Waals surface area contributed by atoms with Gasteiger partial charge in [0, 0.05) is 12.1 Å². The van der Waals surface area contributed by atoms with Crippen LogP contribution in [-0.2, 0) is 0 Å². The Bertz CT molecular complexity index is 319. The minimum atomic E-state index is 0.455. The van der Waals surface area contributed by atoms with Gasteiger partial charge < -0.3 is 0 Å². The Labute approximate surface area is 99.9 Å². The van der Waals surface area contributed by atoms with E-state index in [-0.39, 0.29) is 0 Å². The Morgan fingerprint density at radius 3 is 2.75 bits per heavy atom. The lowest BCUT2D eigenvalue weighted by atomic mass is 9.78. The van der Waals surface area contributed by atoms with Gasteiger partial charge in [-0.25, -0.2) is 0 Å². The highest BCUT2D eigenvalue weighted by Crippen LogP contribution is 2.49. The fourth-order valence-electron chi connectivity index (χ4n) is 3.84. The second kappa shape index (κ2) is 3.35. The third kappa shape index (κ3) is 1.84. The minimum Gasteiger partial charge on any atom is -0.290 e. The predicted octanol–water partition coefficient (Wildman–Crippen LogP) is 3.61. The Hall–Kier alpha value is -0.300. The van der Waals surface area contributed by atoms with Crippen molar-refractivity contribution >= 4 is 0 Å². The van der Waals surface area contributed by atoms with Gasteiger partial charge in [0.1, 0.15) is 0 Å². The van der Waals surface area contributed by atoms with Crippen LogP contribution in [0.1, 0.15) is 52.9 Å². The van der Waals surface area contributed by atoms with Crippen molar-refractivity contribution in [1.82, 2.24) is 4.90 Å². The second-order valence-corrected chi connectivity index (χ2v) is 7.36. The van der Waals surface area contributed by atoms with Crippen LogP contribution >= 0.6 is 0 Å². The molecule has 0 bridgehead atoms. The van der Waals surface area contributed by atoms with E-state index in [1.807, 2.05) is 0 Å². The zero-order valence-corrected chi connectivity index (χ0v) is 11.1. The topological polar surface area (TPSA) is 3.24 Å². The van der Waals surface area contributed by atoms with E-state index in [4.69, 9.17) is 0 Å². The van der Waals surface area contributed by atoms with Gasteiger partial charge in [-0.3, -0.25) is 4.90 Å². The first-order chi connectivity index (χ1) is 7.49. The molecule has 2 heterocycles. The Balaban J connectivity index is 1.84. The van der Waals surface area contributed by atoms with E-state index in [1.54, 1.807) is 5.57 Å². The van der Waals surface area contributed by atoms with Gasteiger partial charge in [-0.2, -0.15) is 0 Å². The molecule has 3 rings (SSSR count). The van der Waals surface area contributed by atoms with Crippen LogP contribution < -0.4 is 0 Å². The van der Waals surface area contributed by atoms with Crippen molar-refractivity contribution in [3.8, 4) is 0 Å². The zero-order valence-electron chi connectivity index (χ0n) is 11.1. The zero-order chi connectivity index (χ0) is 11.4. The minimum absolute atomic E-state index is 0.455. The molecule has 1 saturated heterocycles. The fraction of sp³-hybridized carbons (Fsp3) is 0.867. The molecule has 1 atom stereocenters. The maximum absolute atomic E-state index is 2.77. The molecule has 0 aromatic heterocycles. The number of nitrogens with zero attached hydrogens (tertiary/aromatic N) is 1. The van der Waals surface area contributed by atoms with E-state index in [0.717, 1.165) is 5.92 Å². The van der Waals surface area contributed by atoms with Crippen molar-refractivity contribution in [2.45, 2.75) is 58.4 Å². The SMILES string of the molecule is CC(C)(C)CC12C=C(C3CC3)CN1CCC2. The summed E-state index contributed by atoms with van der Waals surface area (Å²) in [4.78, 5) is 2.77. The fourth-order valence-corrected chi connectivity index (χ4v) is 3.84. The Morgan fingerprint density at radius 1 is 1.38 bits per heavy atom. The summed E-state index contributed by atoms with van der Waals surface area (Å²) in [6, 6.07) is 0. The van der Waals surface area contributed by atoms with E-state index in [1.165, 1.54) is 45.2 Å². The molecular formula is C15H25N. The predicted molar refractivity (Wildman–Crippen MR) is 68.4 cm³/mol. The van der Waals surface area contributed by atoms with E-state index in [0.29, 0.717) is 11.0 Å². The van der Waals surface area contributed by atoms with Crippen molar-refractivity contribution in [3.63, 3.8) is 0 Å². The summed E-state index contributed by atoms with van der Waals surface area (Å²) >= 11 is 0. The van der Waals surface area contributed by atoms with Gasteiger partial charge in [0.25, 0.3) is 0 Å². The summed E-state index contributed by atoms with van der Waals surface area (Å²) < 4.78 is 0. The standard InChI is InChI=1S/C15H25N/c1-14(2,3)11-15-7-4-8-16(15)10-13(9-15)12-5-6-12/h9,12H,4-8,10-11H2,1-3H3. The summed E-state index contributed by atoms with van der Waals surface area (Å²) in [5.41, 5.74) is 2.69. The van der Waals surface area contributed by atoms with Crippen molar-refractivity contribution in [3.05, 3.63) is 11.6 Å². The third-order valence-electron chi connectivity index (χ3n) is 4.43. The van der Waals surface area contributed by atoms with Gasteiger partial charge in [0.15, 0.2) is 0 Å². The van der Waals surface area contributed by atoms with Crippen molar-refractivity contribution in [2.24, 2.45) is 11.3 Å². The molecule has 1 heteroatoms. The maximum Gasteiger partial charge on any atom is 0.0403 e. The Kier molecular flexibility index (Phi) is 2.27. The number of fused-ring (bicyclic) bond motifs is 1. The average molecular weight is 219 g/mol. The van der Waals surface area contributed by atoms with Crippen LogP contribution in [0, 0.1) is 11.3 Å². The van der Waals surface area contributed by atoms with Crippen LogP contribution in [0.5, 0.6) is 0 Å². The molecule has 3 aliphatic rings. The number of hydrogen-bond acceptors (Lipinski definition) is 1. The van der Waals surface area contributed by atoms with Crippen LogP contribution in [0.15, 0.2) is 11.6 Å². The summed E-state index contributed by atoms with van der Waals surface area (Å²) in [5, 5.41) is 0. The first-order valence-electron chi connectivity index (χ1n) is 6.95. The molecule has 2 fully saturated rings. The largest absolute Gasteiger partial charge is 0.290 e. The normalized spacial score (nSPS) is 35.3. The smallest absolute Gasteiger partial charge is 0.0403 e. The van der Waals surface area contributed by atoms with Crippen molar-refractivity contribution < 1.29 is 0 Å². The molecule has 2 aliphatic heterocycles. The molecule has 1 saturated carbocycles. The van der Waals surface area contributed by atoms with E-state index < -0.39 is 0 Å². The highest BCUT2D eigenvalue weighted by atomic mass is 15.2. The second-order valence-electron chi connectivity index (χ2n) is 7.36. The van der Waals surface area contributed by atoms with Gasteiger partial charge in [-0.15, -0.1) is 0 Å². The number of hydrogen-bond donors (Lipinski definition) is 0. The molecule has 0 aromatic rings. The van der Waals surface area contributed by atoms with Crippen LogP contribution in [0.3, 0.4) is 0 Å². The summed E-state index contributed by atoms with van der Waals surface area (Å²) in [6.07, 6.45) is 9.76. The molecular weight excluding hydrogens is 194 g/mol.